The monoisotopic (exact) mass is 471 g/mol. The van der Waals surface area contributed by atoms with Crippen LogP contribution in [0.1, 0.15) is 37.8 Å². The number of nitrogens with zero attached hydrogens (tertiary/aromatic N) is 2. The largest absolute Gasteiger partial charge is 0.435 e. The number of hydrogen-bond acceptors (Lipinski definition) is 4. The first-order valence-electron chi connectivity index (χ1n) is 11.2. The fraction of sp³-hybridized carbons (Fsp3) is 0.400. The molecule has 1 aliphatic carbocycles. The highest BCUT2D eigenvalue weighted by atomic mass is 19.3. The van der Waals surface area contributed by atoms with E-state index < -0.39 is 24.1 Å². The number of nitrogens with one attached hydrogen (secondary N) is 1. The Bertz CT molecular complexity index is 1060. The van der Waals surface area contributed by atoms with Crippen LogP contribution in [0.25, 0.3) is 0 Å². The van der Waals surface area contributed by atoms with Crippen molar-refractivity contribution in [3.8, 4) is 5.75 Å². The van der Waals surface area contributed by atoms with Crippen molar-refractivity contribution in [3.05, 3.63) is 65.7 Å². The highest BCUT2D eigenvalue weighted by Crippen LogP contribution is 2.36. The summed E-state index contributed by atoms with van der Waals surface area (Å²) in [5.41, 5.74) is -0.0565. The number of benzene rings is 2. The summed E-state index contributed by atoms with van der Waals surface area (Å²) in [5.74, 6) is -0.532. The summed E-state index contributed by atoms with van der Waals surface area (Å²) in [6, 6.07) is 14.4. The molecule has 1 N–H and O–H groups in total. The molecule has 1 saturated carbocycles. The van der Waals surface area contributed by atoms with Crippen molar-refractivity contribution in [2.24, 2.45) is 5.92 Å². The molecule has 2 aromatic carbocycles. The van der Waals surface area contributed by atoms with E-state index in [4.69, 9.17) is 0 Å². The third-order valence-corrected chi connectivity index (χ3v) is 6.54. The van der Waals surface area contributed by atoms with Gasteiger partial charge in [-0.05, 0) is 55.9 Å². The minimum absolute atomic E-state index is 0.0118. The number of amides is 4. The second-order valence-corrected chi connectivity index (χ2v) is 8.93. The topological polar surface area (TPSA) is 79.0 Å². The Morgan fingerprint density at radius 2 is 1.79 bits per heavy atom. The van der Waals surface area contributed by atoms with Crippen LogP contribution in [0.3, 0.4) is 0 Å². The van der Waals surface area contributed by atoms with Gasteiger partial charge in [0.25, 0.3) is 5.91 Å². The molecule has 2 aromatic rings. The molecule has 1 saturated heterocycles. The summed E-state index contributed by atoms with van der Waals surface area (Å²) in [6.45, 7) is 0.570. The number of imide groups is 1. The van der Waals surface area contributed by atoms with E-state index in [1.54, 1.807) is 4.90 Å². The quantitative estimate of drug-likeness (QED) is 0.563. The lowest BCUT2D eigenvalue weighted by molar-refractivity contribution is -0.140. The van der Waals surface area contributed by atoms with Crippen molar-refractivity contribution in [3.63, 3.8) is 0 Å². The summed E-state index contributed by atoms with van der Waals surface area (Å²) in [6.07, 6.45) is 2.10. The van der Waals surface area contributed by atoms with E-state index >= 15 is 0 Å². The summed E-state index contributed by atoms with van der Waals surface area (Å²) in [7, 11) is 0. The van der Waals surface area contributed by atoms with Gasteiger partial charge in [0.15, 0.2) is 0 Å². The van der Waals surface area contributed by atoms with Crippen molar-refractivity contribution in [1.29, 1.82) is 0 Å². The maximum atomic E-state index is 13.3. The van der Waals surface area contributed by atoms with Crippen molar-refractivity contribution < 1.29 is 27.9 Å². The van der Waals surface area contributed by atoms with Gasteiger partial charge in [0.2, 0.25) is 5.91 Å². The number of urea groups is 1. The van der Waals surface area contributed by atoms with Crippen molar-refractivity contribution in [1.82, 2.24) is 15.1 Å². The normalized spacial score (nSPS) is 20.9. The lowest BCUT2D eigenvalue weighted by atomic mass is 9.92. The van der Waals surface area contributed by atoms with Crippen LogP contribution >= 0.6 is 0 Å². The number of alkyl halides is 2. The molecular weight excluding hydrogens is 444 g/mol. The molecule has 2 atom stereocenters. The van der Waals surface area contributed by atoms with Gasteiger partial charge < -0.3 is 15.0 Å². The highest BCUT2D eigenvalue weighted by Gasteiger charge is 2.50. The molecule has 0 radical (unpaired) electrons. The minimum atomic E-state index is -2.97. The van der Waals surface area contributed by atoms with Gasteiger partial charge in [-0.3, -0.25) is 14.5 Å². The third-order valence-electron chi connectivity index (χ3n) is 6.54. The van der Waals surface area contributed by atoms with Crippen LogP contribution in [-0.2, 0) is 21.7 Å². The smallest absolute Gasteiger partial charge is 0.387 e. The summed E-state index contributed by atoms with van der Waals surface area (Å²) < 4.78 is 29.2. The lowest BCUT2D eigenvalue weighted by Crippen LogP contribution is -2.47. The molecule has 34 heavy (non-hydrogen) atoms. The van der Waals surface area contributed by atoms with Crippen molar-refractivity contribution >= 4 is 17.8 Å². The predicted octanol–water partition coefficient (Wildman–Crippen LogP) is 3.88. The second kappa shape index (κ2) is 9.40. The molecule has 0 bridgehead atoms. The lowest BCUT2D eigenvalue weighted by Gasteiger charge is -2.31. The van der Waals surface area contributed by atoms with Gasteiger partial charge in [0.05, 0.1) is 0 Å². The van der Waals surface area contributed by atoms with Gasteiger partial charge in [-0.15, -0.1) is 0 Å². The molecule has 4 amide bonds. The van der Waals surface area contributed by atoms with Gasteiger partial charge >= 0.3 is 12.6 Å². The molecule has 9 heteroatoms. The van der Waals surface area contributed by atoms with Crippen molar-refractivity contribution in [2.75, 3.05) is 6.54 Å². The molecule has 2 aliphatic rings. The number of rotatable bonds is 9. The Morgan fingerprint density at radius 3 is 2.38 bits per heavy atom. The number of hydrogen-bond donors (Lipinski definition) is 1. The molecule has 0 unspecified atom stereocenters. The zero-order valence-electron chi connectivity index (χ0n) is 19.0. The average Bonchev–Trinajstić information content (AvgIpc) is 3.63. The maximum absolute atomic E-state index is 13.3. The number of carbonyl (C=O) groups excluding carboxylic acids is 3. The third kappa shape index (κ3) is 4.88. The van der Waals surface area contributed by atoms with E-state index in [1.165, 1.54) is 31.2 Å². The summed E-state index contributed by atoms with van der Waals surface area (Å²) in [4.78, 5) is 42.0. The minimum Gasteiger partial charge on any atom is -0.435 e. The van der Waals surface area contributed by atoms with Gasteiger partial charge in [-0.1, -0.05) is 42.5 Å². The fourth-order valence-electron chi connectivity index (χ4n) is 4.30. The van der Waals surface area contributed by atoms with Gasteiger partial charge in [-0.2, -0.15) is 8.78 Å². The molecule has 180 valence electrons. The van der Waals surface area contributed by atoms with Gasteiger partial charge in [0, 0.05) is 12.6 Å². The molecular formula is C25H27F2N3O4. The highest BCUT2D eigenvalue weighted by molar-refractivity contribution is 6.09. The Balaban J connectivity index is 1.50. The van der Waals surface area contributed by atoms with Crippen LogP contribution in [0.2, 0.25) is 0 Å². The number of carbonyl (C=O) groups is 3. The van der Waals surface area contributed by atoms with E-state index in [9.17, 15) is 23.2 Å². The maximum Gasteiger partial charge on any atom is 0.387 e. The molecule has 0 spiro atoms. The summed E-state index contributed by atoms with van der Waals surface area (Å²) >= 11 is 0. The molecule has 1 heterocycles. The van der Waals surface area contributed by atoms with E-state index in [0.29, 0.717) is 18.0 Å². The Hall–Kier alpha value is -3.49. The summed E-state index contributed by atoms with van der Waals surface area (Å²) in [5, 5.41) is 2.64. The predicted molar refractivity (Wildman–Crippen MR) is 120 cm³/mol. The van der Waals surface area contributed by atoms with Crippen LogP contribution < -0.4 is 10.1 Å². The van der Waals surface area contributed by atoms with E-state index in [0.717, 1.165) is 23.3 Å². The molecule has 4 rings (SSSR count). The second-order valence-electron chi connectivity index (χ2n) is 8.93. The average molecular weight is 472 g/mol. The van der Waals surface area contributed by atoms with E-state index in [2.05, 4.69) is 10.1 Å². The Kier molecular flexibility index (Phi) is 6.54. The standard InChI is InChI=1S/C25H27F2N3O4/c1-16(18-8-9-18)29(14-17-6-4-3-5-7-17)21(31)15-30-22(32)25(2,28-24(30)33)19-10-12-20(13-11-19)34-23(26)27/h3-7,10-13,16,18,23H,8-9,14-15H2,1-2H3,(H,28,33)/t16-,25+/m1/s1. The first kappa shape index (κ1) is 23.7. The van der Waals surface area contributed by atoms with E-state index in [-0.39, 0.29) is 24.2 Å². The van der Waals surface area contributed by atoms with Crippen LogP contribution in [0, 0.1) is 5.92 Å². The zero-order valence-corrected chi connectivity index (χ0v) is 19.0. The van der Waals surface area contributed by atoms with Crippen LogP contribution in [0.15, 0.2) is 54.6 Å². The van der Waals surface area contributed by atoms with Crippen molar-refractivity contribution in [2.45, 2.75) is 51.4 Å². The van der Waals surface area contributed by atoms with Gasteiger partial charge in [-0.25, -0.2) is 4.79 Å². The molecule has 1 aliphatic heterocycles. The fourth-order valence-corrected chi connectivity index (χ4v) is 4.30. The molecule has 2 fully saturated rings. The molecule has 0 aromatic heterocycles. The van der Waals surface area contributed by atoms with Crippen LogP contribution in [-0.4, -0.2) is 46.8 Å². The molecule has 7 nitrogen and oxygen atoms in total. The van der Waals surface area contributed by atoms with Crippen LogP contribution in [0.5, 0.6) is 5.75 Å². The first-order chi connectivity index (χ1) is 16.2. The number of halogens is 2. The van der Waals surface area contributed by atoms with E-state index in [1.807, 2.05) is 37.3 Å². The SMILES string of the molecule is C[C@H](C1CC1)N(Cc1ccccc1)C(=O)CN1C(=O)N[C@@](C)(c2ccc(OC(F)F)cc2)C1=O. The number of ether oxygens (including phenoxy) is 1. The zero-order chi connectivity index (χ0) is 24.5. The van der Waals surface area contributed by atoms with Crippen LogP contribution in [0.4, 0.5) is 13.6 Å². The Labute approximate surface area is 196 Å². The van der Waals surface area contributed by atoms with Gasteiger partial charge in [0.1, 0.15) is 17.8 Å². The Morgan fingerprint density at radius 1 is 1.15 bits per heavy atom. The first-order valence-corrected chi connectivity index (χ1v) is 11.2.